The minimum Gasteiger partial charge on any atom is -0.493 e. The summed E-state index contributed by atoms with van der Waals surface area (Å²) >= 11 is 0. The first-order chi connectivity index (χ1) is 7.74. The van der Waals surface area contributed by atoms with E-state index in [2.05, 4.69) is 15.1 Å². The fourth-order valence-electron chi connectivity index (χ4n) is 1.47. The highest BCUT2D eigenvalue weighted by atomic mass is 16.5. The summed E-state index contributed by atoms with van der Waals surface area (Å²) in [4.78, 5) is 7.99. The molecule has 0 aromatic carbocycles. The third-order valence-corrected chi connectivity index (χ3v) is 2.26. The van der Waals surface area contributed by atoms with Gasteiger partial charge < -0.3 is 9.84 Å². The van der Waals surface area contributed by atoms with Crippen LogP contribution in [0.25, 0.3) is 0 Å². The van der Waals surface area contributed by atoms with Crippen LogP contribution in [0.3, 0.4) is 0 Å². The molecule has 0 aliphatic rings. The Morgan fingerprint density at radius 2 is 2.06 bits per heavy atom. The molecule has 0 saturated heterocycles. The van der Waals surface area contributed by atoms with Gasteiger partial charge in [-0.2, -0.15) is 5.10 Å². The van der Waals surface area contributed by atoms with Gasteiger partial charge in [-0.15, -0.1) is 0 Å². The largest absolute Gasteiger partial charge is 0.493 e. The third kappa shape index (κ3) is 1.74. The number of hydrogen-bond acceptors (Lipinski definition) is 5. The quantitative estimate of drug-likeness (QED) is 0.805. The summed E-state index contributed by atoms with van der Waals surface area (Å²) in [5.41, 5.74) is 0.536. The van der Waals surface area contributed by atoms with Crippen molar-refractivity contribution in [1.29, 1.82) is 0 Å². The van der Waals surface area contributed by atoms with Gasteiger partial charge in [0.2, 0.25) is 0 Å². The van der Waals surface area contributed by atoms with E-state index in [4.69, 9.17) is 4.74 Å². The van der Waals surface area contributed by atoms with Gasteiger partial charge in [0, 0.05) is 19.4 Å². The zero-order chi connectivity index (χ0) is 11.5. The van der Waals surface area contributed by atoms with Crippen LogP contribution in [0.2, 0.25) is 0 Å². The van der Waals surface area contributed by atoms with Gasteiger partial charge in [0.1, 0.15) is 5.69 Å². The smallest absolute Gasteiger partial charge is 0.163 e. The molecular formula is C10H12N4O2. The first kappa shape index (κ1) is 10.6. The van der Waals surface area contributed by atoms with Gasteiger partial charge in [0.05, 0.1) is 13.3 Å². The number of aliphatic hydroxyl groups is 1. The number of ether oxygens (including phenoxy) is 1. The molecule has 0 aliphatic heterocycles. The van der Waals surface area contributed by atoms with Crippen molar-refractivity contribution in [3.63, 3.8) is 0 Å². The molecule has 1 unspecified atom stereocenters. The van der Waals surface area contributed by atoms with Crippen LogP contribution in [0.15, 0.2) is 24.7 Å². The SMILES string of the molecule is COc1cnn(C)c1C(O)c1ncccn1. The minimum absolute atomic E-state index is 0.324. The van der Waals surface area contributed by atoms with E-state index < -0.39 is 6.10 Å². The average Bonchev–Trinajstić information content (AvgIpc) is 2.70. The highest BCUT2D eigenvalue weighted by Crippen LogP contribution is 2.26. The normalized spacial score (nSPS) is 12.4. The second-order valence-corrected chi connectivity index (χ2v) is 3.23. The Kier molecular flexibility index (Phi) is 2.82. The lowest BCUT2D eigenvalue weighted by Crippen LogP contribution is -2.10. The van der Waals surface area contributed by atoms with Crippen molar-refractivity contribution in [1.82, 2.24) is 19.7 Å². The van der Waals surface area contributed by atoms with E-state index in [1.54, 1.807) is 36.4 Å². The third-order valence-electron chi connectivity index (χ3n) is 2.26. The van der Waals surface area contributed by atoms with Gasteiger partial charge in [0.15, 0.2) is 17.7 Å². The lowest BCUT2D eigenvalue weighted by Gasteiger charge is -2.11. The lowest BCUT2D eigenvalue weighted by atomic mass is 10.2. The number of aryl methyl sites for hydroxylation is 1. The second-order valence-electron chi connectivity index (χ2n) is 3.23. The van der Waals surface area contributed by atoms with Gasteiger partial charge >= 0.3 is 0 Å². The van der Waals surface area contributed by atoms with Crippen LogP contribution in [0.5, 0.6) is 5.75 Å². The summed E-state index contributed by atoms with van der Waals surface area (Å²) in [5, 5.41) is 14.1. The monoisotopic (exact) mass is 220 g/mol. The van der Waals surface area contributed by atoms with E-state index in [0.717, 1.165) is 0 Å². The molecule has 1 N–H and O–H groups in total. The summed E-state index contributed by atoms with van der Waals surface area (Å²) in [7, 11) is 3.25. The van der Waals surface area contributed by atoms with Crippen molar-refractivity contribution < 1.29 is 9.84 Å². The van der Waals surface area contributed by atoms with Gasteiger partial charge in [-0.3, -0.25) is 4.68 Å². The fraction of sp³-hybridized carbons (Fsp3) is 0.300. The molecule has 2 rings (SSSR count). The van der Waals surface area contributed by atoms with Gasteiger partial charge in [-0.25, -0.2) is 9.97 Å². The van der Waals surface area contributed by atoms with E-state index in [1.807, 2.05) is 0 Å². The van der Waals surface area contributed by atoms with Crippen molar-refractivity contribution >= 4 is 0 Å². The van der Waals surface area contributed by atoms with Crippen molar-refractivity contribution in [3.05, 3.63) is 36.2 Å². The molecule has 0 spiro atoms. The number of aromatic nitrogens is 4. The number of rotatable bonds is 3. The number of methoxy groups -OCH3 is 1. The molecule has 0 radical (unpaired) electrons. The molecule has 0 saturated carbocycles. The van der Waals surface area contributed by atoms with Gasteiger partial charge in [0.25, 0.3) is 0 Å². The second kappa shape index (κ2) is 4.28. The Bertz CT molecular complexity index is 469. The van der Waals surface area contributed by atoms with Crippen molar-refractivity contribution in [2.45, 2.75) is 6.10 Å². The van der Waals surface area contributed by atoms with Crippen LogP contribution in [0, 0.1) is 0 Å². The predicted octanol–water partition coefficient (Wildman–Crippen LogP) is 0.300. The summed E-state index contributed by atoms with van der Waals surface area (Å²) in [6.07, 6.45) is 3.76. The molecule has 2 aromatic heterocycles. The van der Waals surface area contributed by atoms with Crippen LogP contribution in [-0.4, -0.2) is 32.0 Å². The first-order valence-corrected chi connectivity index (χ1v) is 4.75. The molecule has 1 atom stereocenters. The number of aliphatic hydroxyl groups excluding tert-OH is 1. The Morgan fingerprint density at radius 1 is 1.38 bits per heavy atom. The Hall–Kier alpha value is -1.95. The fourth-order valence-corrected chi connectivity index (χ4v) is 1.47. The summed E-state index contributed by atoms with van der Waals surface area (Å²) < 4.78 is 6.65. The molecule has 16 heavy (non-hydrogen) atoms. The highest BCUT2D eigenvalue weighted by Gasteiger charge is 2.21. The molecule has 0 amide bonds. The lowest BCUT2D eigenvalue weighted by molar-refractivity contribution is 0.194. The Balaban J connectivity index is 2.41. The van der Waals surface area contributed by atoms with Crippen LogP contribution in [-0.2, 0) is 7.05 Å². The van der Waals surface area contributed by atoms with E-state index >= 15 is 0 Å². The average molecular weight is 220 g/mol. The standard InChI is InChI=1S/C10H12N4O2/c1-14-8(7(16-2)6-13-14)9(15)10-11-4-3-5-12-10/h3-6,9,15H,1-2H3. The molecule has 6 nitrogen and oxygen atoms in total. The molecule has 0 aliphatic carbocycles. The Labute approximate surface area is 92.5 Å². The molecule has 2 heterocycles. The maximum absolute atomic E-state index is 10.1. The van der Waals surface area contributed by atoms with E-state index in [9.17, 15) is 5.11 Å². The number of nitrogens with zero attached hydrogens (tertiary/aromatic N) is 4. The predicted molar refractivity (Wildman–Crippen MR) is 55.9 cm³/mol. The van der Waals surface area contributed by atoms with E-state index in [-0.39, 0.29) is 0 Å². The molecular weight excluding hydrogens is 208 g/mol. The zero-order valence-electron chi connectivity index (χ0n) is 9.03. The molecule has 0 bridgehead atoms. The first-order valence-electron chi connectivity index (χ1n) is 4.75. The van der Waals surface area contributed by atoms with Crippen LogP contribution in [0.4, 0.5) is 0 Å². The summed E-state index contributed by atoms with van der Waals surface area (Å²) in [6.45, 7) is 0. The maximum Gasteiger partial charge on any atom is 0.163 e. The van der Waals surface area contributed by atoms with Crippen LogP contribution >= 0.6 is 0 Å². The van der Waals surface area contributed by atoms with Crippen LogP contribution in [0.1, 0.15) is 17.6 Å². The Morgan fingerprint density at radius 3 is 2.69 bits per heavy atom. The van der Waals surface area contributed by atoms with Crippen molar-refractivity contribution in [3.8, 4) is 5.75 Å². The minimum atomic E-state index is -0.941. The summed E-state index contributed by atoms with van der Waals surface area (Å²) in [6, 6.07) is 1.69. The van der Waals surface area contributed by atoms with Gasteiger partial charge in [-0.05, 0) is 6.07 Å². The highest BCUT2D eigenvalue weighted by molar-refractivity contribution is 5.30. The molecule has 84 valence electrons. The topological polar surface area (TPSA) is 73.1 Å². The van der Waals surface area contributed by atoms with Crippen LogP contribution < -0.4 is 4.74 Å². The van der Waals surface area contributed by atoms with Crippen molar-refractivity contribution in [2.75, 3.05) is 7.11 Å². The van der Waals surface area contributed by atoms with E-state index in [0.29, 0.717) is 17.3 Å². The summed E-state index contributed by atoms with van der Waals surface area (Å²) in [5.74, 6) is 0.840. The maximum atomic E-state index is 10.1. The molecule has 0 fully saturated rings. The molecule has 2 aromatic rings. The zero-order valence-corrected chi connectivity index (χ0v) is 9.03. The van der Waals surface area contributed by atoms with Crippen molar-refractivity contribution in [2.24, 2.45) is 7.05 Å². The number of hydrogen-bond donors (Lipinski definition) is 1. The molecule has 6 heteroatoms. The van der Waals surface area contributed by atoms with E-state index in [1.165, 1.54) is 7.11 Å². The van der Waals surface area contributed by atoms with Gasteiger partial charge in [-0.1, -0.05) is 0 Å².